The molecular formula is C60H54IrN4OSi-2. The van der Waals surface area contributed by atoms with Crippen molar-refractivity contribution in [2.45, 2.75) is 66.0 Å². The largest absolute Gasteiger partial charge is 0.501 e. The van der Waals surface area contributed by atoms with E-state index >= 15 is 0 Å². The molecule has 5 nitrogen and oxygen atoms in total. The van der Waals surface area contributed by atoms with Crippen molar-refractivity contribution in [2.75, 3.05) is 0 Å². The molecule has 4 aromatic heterocycles. The number of aromatic nitrogens is 4. The minimum atomic E-state index is -2.36. The SMILES string of the molecule is C[Si](C)(C)c1ncc(-c2cccnc2-c2[c-]cccc2)cn1.[2H]C([2H])([2H])c1cnc(-c2[c-]ccc3c2oc2ccccc23)cc1-c1c(C(C)C)cc(-c2ccc(-c3ccccc3)cc2)cc1C(C)C.[Ir]. The van der Waals surface area contributed by atoms with Crippen molar-refractivity contribution in [3.8, 4) is 67.0 Å². The van der Waals surface area contributed by atoms with Crippen LogP contribution in [-0.4, -0.2) is 28.0 Å². The summed E-state index contributed by atoms with van der Waals surface area (Å²) in [6.07, 6.45) is 7.14. The first kappa shape index (κ1) is 43.0. The Hall–Kier alpha value is -6.63. The molecule has 0 fully saturated rings. The van der Waals surface area contributed by atoms with Gasteiger partial charge >= 0.3 is 0 Å². The van der Waals surface area contributed by atoms with Crippen molar-refractivity contribution in [1.29, 1.82) is 0 Å². The molecule has 0 amide bonds. The molecular weight excluding hydrogens is 1010 g/mol. The number of para-hydroxylation sites is 1. The first-order valence-electron chi connectivity index (χ1n) is 24.1. The Morgan fingerprint density at radius 1 is 0.567 bits per heavy atom. The second kappa shape index (κ2) is 20.1. The van der Waals surface area contributed by atoms with Gasteiger partial charge in [-0.2, -0.15) is 0 Å². The third kappa shape index (κ3) is 9.92. The summed E-state index contributed by atoms with van der Waals surface area (Å²) in [7, 11) is -1.48. The van der Waals surface area contributed by atoms with Crippen molar-refractivity contribution >= 4 is 35.5 Å². The Morgan fingerprint density at radius 2 is 1.22 bits per heavy atom. The summed E-state index contributed by atoms with van der Waals surface area (Å²) >= 11 is 0. The fourth-order valence-electron chi connectivity index (χ4n) is 8.49. The second-order valence-electron chi connectivity index (χ2n) is 18.3. The molecule has 335 valence electrons. The number of furan rings is 1. The smallest absolute Gasteiger partial charge is 0.125 e. The van der Waals surface area contributed by atoms with Crippen LogP contribution < -0.4 is 5.45 Å². The zero-order valence-electron chi connectivity index (χ0n) is 41.9. The molecule has 10 rings (SSSR count). The van der Waals surface area contributed by atoms with Crippen molar-refractivity contribution in [2.24, 2.45) is 0 Å². The Bertz CT molecular complexity index is 3380. The maximum Gasteiger partial charge on any atom is 0.125 e. The van der Waals surface area contributed by atoms with E-state index in [4.69, 9.17) is 13.5 Å². The molecule has 0 spiro atoms. The van der Waals surface area contributed by atoms with E-state index in [0.717, 1.165) is 72.0 Å². The third-order valence-corrected chi connectivity index (χ3v) is 13.5. The van der Waals surface area contributed by atoms with Gasteiger partial charge in [-0.25, -0.2) is 9.97 Å². The van der Waals surface area contributed by atoms with E-state index in [1.165, 1.54) is 17.3 Å². The maximum atomic E-state index is 8.53. The van der Waals surface area contributed by atoms with Crippen LogP contribution in [0, 0.1) is 19.0 Å². The van der Waals surface area contributed by atoms with Crippen molar-refractivity contribution in [1.82, 2.24) is 19.9 Å². The fraction of sp³-hybridized carbons (Fsp3) is 0.167. The van der Waals surface area contributed by atoms with E-state index < -0.39 is 14.9 Å². The Balaban J connectivity index is 0.000000240. The number of hydrogen-bond donors (Lipinski definition) is 0. The van der Waals surface area contributed by atoms with Gasteiger partial charge in [0.1, 0.15) is 19.1 Å². The number of pyridine rings is 2. The molecule has 0 unspecified atom stereocenters. The minimum absolute atomic E-state index is 0. The van der Waals surface area contributed by atoms with Gasteiger partial charge in [-0.05, 0) is 97.8 Å². The molecule has 0 bridgehead atoms. The van der Waals surface area contributed by atoms with Crippen molar-refractivity contribution in [3.63, 3.8) is 0 Å². The molecule has 67 heavy (non-hydrogen) atoms. The first-order valence-corrected chi connectivity index (χ1v) is 26.1. The van der Waals surface area contributed by atoms with Crippen molar-refractivity contribution in [3.05, 3.63) is 199 Å². The Kier molecular flexibility index (Phi) is 12.9. The number of benzene rings is 6. The Labute approximate surface area is 414 Å². The Morgan fingerprint density at radius 3 is 1.88 bits per heavy atom. The molecule has 10 aromatic rings. The second-order valence-corrected chi connectivity index (χ2v) is 23.3. The van der Waals surface area contributed by atoms with Gasteiger partial charge in [-0.15, -0.1) is 54.1 Å². The molecule has 0 saturated carbocycles. The van der Waals surface area contributed by atoms with Crippen LogP contribution in [0.25, 0.3) is 89.0 Å². The predicted octanol–water partition coefficient (Wildman–Crippen LogP) is 15.6. The van der Waals surface area contributed by atoms with Gasteiger partial charge in [-0.3, -0.25) is 0 Å². The monoisotopic (exact) mass is 1070 g/mol. The van der Waals surface area contributed by atoms with Crippen LogP contribution in [0.15, 0.2) is 175 Å². The normalized spacial score (nSPS) is 12.3. The van der Waals surface area contributed by atoms with Gasteiger partial charge in [0.25, 0.3) is 0 Å². The third-order valence-electron chi connectivity index (χ3n) is 11.9. The van der Waals surface area contributed by atoms with E-state index in [1.807, 2.05) is 91.3 Å². The van der Waals surface area contributed by atoms with Crippen LogP contribution in [0.1, 0.15) is 60.3 Å². The molecule has 0 aliphatic rings. The summed E-state index contributed by atoms with van der Waals surface area (Å²) in [5.41, 5.74) is 16.4. The summed E-state index contributed by atoms with van der Waals surface area (Å²) in [4.78, 5) is 18.4. The molecule has 0 atom stereocenters. The molecule has 6 aromatic carbocycles. The number of nitrogens with zero attached hydrogens (tertiary/aromatic N) is 4. The van der Waals surface area contributed by atoms with Gasteiger partial charge in [0.2, 0.25) is 0 Å². The average molecular weight is 1070 g/mol. The van der Waals surface area contributed by atoms with E-state index in [0.29, 0.717) is 22.4 Å². The number of fused-ring (bicyclic) bond motifs is 3. The van der Waals surface area contributed by atoms with Crippen molar-refractivity contribution < 1.29 is 28.6 Å². The standard InChI is InChI=1S/C42H36NO.C18H18N3Si.Ir/c1-26(2)36-22-32(31-20-18-30(19-21-31)29-12-7-6-8-13-29)23-37(27(3)4)41(36)38-24-39(43-25-28(38)5)35-16-11-15-34-33-14-9-10-17-40(33)44-42(34)35;1-22(2,3)18-20-12-15(13-21-18)16-10-7-11-19-17(16)14-8-5-4-6-9-14;/h6-15,17-27H,1-5H3;4-8,10-13H,1-3H3;/q2*-1;/i5D3;;. The van der Waals surface area contributed by atoms with Gasteiger partial charge in [0.15, 0.2) is 0 Å². The van der Waals surface area contributed by atoms with Gasteiger partial charge in [-0.1, -0.05) is 155 Å². The maximum absolute atomic E-state index is 8.53. The minimum Gasteiger partial charge on any atom is -0.501 e. The summed E-state index contributed by atoms with van der Waals surface area (Å²) in [6.45, 7) is 13.1. The van der Waals surface area contributed by atoms with E-state index in [1.54, 1.807) is 6.20 Å². The average Bonchev–Trinajstić information content (AvgIpc) is 3.75. The number of hydrogen-bond acceptors (Lipinski definition) is 5. The van der Waals surface area contributed by atoms with Gasteiger partial charge < -0.3 is 14.4 Å². The summed E-state index contributed by atoms with van der Waals surface area (Å²) < 4.78 is 31.9. The zero-order valence-corrected chi connectivity index (χ0v) is 42.2. The van der Waals surface area contributed by atoms with Gasteiger partial charge in [0.05, 0.1) is 5.58 Å². The van der Waals surface area contributed by atoms with Crippen LogP contribution in [0.2, 0.25) is 19.6 Å². The quantitative estimate of drug-likeness (QED) is 0.106. The van der Waals surface area contributed by atoms with Crippen LogP contribution >= 0.6 is 0 Å². The molecule has 0 saturated heterocycles. The zero-order chi connectivity index (χ0) is 48.5. The summed E-state index contributed by atoms with van der Waals surface area (Å²) in [6, 6.07) is 55.7. The van der Waals surface area contributed by atoms with Crippen LogP contribution in [-0.2, 0) is 20.1 Å². The molecule has 0 N–H and O–H groups in total. The van der Waals surface area contributed by atoms with Gasteiger partial charge in [0, 0.05) is 60.0 Å². The molecule has 0 aliphatic carbocycles. The predicted molar refractivity (Wildman–Crippen MR) is 278 cm³/mol. The van der Waals surface area contributed by atoms with Crippen LogP contribution in [0.3, 0.4) is 0 Å². The molecule has 4 heterocycles. The summed E-state index contributed by atoms with van der Waals surface area (Å²) in [5.74, 6) is 0.273. The van der Waals surface area contributed by atoms with E-state index in [2.05, 4.69) is 141 Å². The first-order chi connectivity index (χ1) is 33.2. The van der Waals surface area contributed by atoms with Crippen LogP contribution in [0.4, 0.5) is 0 Å². The van der Waals surface area contributed by atoms with E-state index in [-0.39, 0.29) is 37.5 Å². The van der Waals surface area contributed by atoms with E-state index in [9.17, 15) is 0 Å². The molecule has 7 heteroatoms. The fourth-order valence-corrected chi connectivity index (χ4v) is 9.39. The summed E-state index contributed by atoms with van der Waals surface area (Å²) in [5, 5.41) is 2.00. The topological polar surface area (TPSA) is 64.7 Å². The number of aryl methyl sites for hydroxylation is 1. The molecule has 0 aliphatic heterocycles. The van der Waals surface area contributed by atoms with Crippen LogP contribution in [0.5, 0.6) is 0 Å². The number of rotatable bonds is 9. The molecule has 1 radical (unpaired) electrons.